The fraction of sp³-hybridized carbons (Fsp3) is 0.316. The van der Waals surface area contributed by atoms with E-state index in [4.69, 9.17) is 0 Å². The van der Waals surface area contributed by atoms with Crippen LogP contribution in [0.5, 0.6) is 0 Å². The van der Waals surface area contributed by atoms with Crippen LogP contribution in [0.4, 0.5) is 0 Å². The zero-order valence-electron chi connectivity index (χ0n) is 15.8. The lowest BCUT2D eigenvalue weighted by Gasteiger charge is -2.33. The third-order valence-corrected chi connectivity index (χ3v) is 6.10. The molecule has 1 aliphatic rings. The highest BCUT2D eigenvalue weighted by atomic mass is 32.1. The van der Waals surface area contributed by atoms with Crippen molar-refractivity contribution in [2.75, 3.05) is 6.54 Å². The second-order valence-corrected chi connectivity index (χ2v) is 7.81. The van der Waals surface area contributed by atoms with E-state index in [0.717, 1.165) is 33.4 Å². The number of hydrogen-bond acceptors (Lipinski definition) is 6. The average Bonchev–Trinajstić information content (AvgIpc) is 3.40. The van der Waals surface area contributed by atoms with Crippen LogP contribution in [-0.4, -0.2) is 46.0 Å². The number of nitrogens with zero attached hydrogens (tertiary/aromatic N) is 7. The van der Waals surface area contributed by atoms with E-state index in [1.54, 1.807) is 0 Å². The third-order valence-electron chi connectivity index (χ3n) is 5.30. The van der Waals surface area contributed by atoms with Crippen LogP contribution >= 0.6 is 11.5 Å². The predicted molar refractivity (Wildman–Crippen MR) is 106 cm³/mol. The molecule has 0 saturated carbocycles. The number of hydrogen-bond donors (Lipinski definition) is 0. The Morgan fingerprint density at radius 3 is 2.86 bits per heavy atom. The van der Waals surface area contributed by atoms with Crippen LogP contribution in [0.1, 0.15) is 35.0 Å². The summed E-state index contributed by atoms with van der Waals surface area (Å²) >= 11 is 1.32. The minimum Gasteiger partial charge on any atom is -0.351 e. The van der Waals surface area contributed by atoms with Gasteiger partial charge >= 0.3 is 0 Å². The second-order valence-electron chi connectivity index (χ2n) is 7.05. The Hall–Kier alpha value is -3.07. The molecule has 0 N–H and O–H groups in total. The van der Waals surface area contributed by atoms with Crippen molar-refractivity contribution in [1.82, 2.24) is 33.6 Å². The smallest absolute Gasteiger partial charge is 0.254 e. The van der Waals surface area contributed by atoms with Gasteiger partial charge < -0.3 is 14.0 Å². The van der Waals surface area contributed by atoms with Crippen molar-refractivity contribution < 1.29 is 4.79 Å². The first-order chi connectivity index (χ1) is 13.5. The first-order valence-corrected chi connectivity index (χ1v) is 9.90. The van der Waals surface area contributed by atoms with E-state index in [1.807, 2.05) is 60.8 Å². The molecule has 0 spiro atoms. The number of benzene rings is 1. The summed E-state index contributed by atoms with van der Waals surface area (Å²) in [5, 5.41) is 10.6. The zero-order chi connectivity index (χ0) is 19.4. The predicted octanol–water partition coefficient (Wildman–Crippen LogP) is 2.81. The van der Waals surface area contributed by atoms with E-state index in [9.17, 15) is 4.79 Å². The van der Waals surface area contributed by atoms with Crippen LogP contribution in [0.3, 0.4) is 0 Å². The molecule has 1 aromatic carbocycles. The highest BCUT2D eigenvalue weighted by Crippen LogP contribution is 2.30. The molecule has 142 valence electrons. The van der Waals surface area contributed by atoms with Crippen LogP contribution in [0.2, 0.25) is 0 Å². The lowest BCUT2D eigenvalue weighted by atomic mass is 10.1. The van der Waals surface area contributed by atoms with E-state index in [-0.39, 0.29) is 11.9 Å². The molecule has 4 heterocycles. The van der Waals surface area contributed by atoms with Crippen molar-refractivity contribution in [3.05, 3.63) is 47.7 Å². The molecule has 9 heteroatoms. The molecule has 0 unspecified atom stereocenters. The van der Waals surface area contributed by atoms with E-state index >= 15 is 0 Å². The molecule has 28 heavy (non-hydrogen) atoms. The van der Waals surface area contributed by atoms with E-state index in [0.29, 0.717) is 18.7 Å². The summed E-state index contributed by atoms with van der Waals surface area (Å²) in [6.45, 7) is 5.09. The summed E-state index contributed by atoms with van der Waals surface area (Å²) < 4.78 is 8.31. The third kappa shape index (κ3) is 2.54. The molecule has 0 aliphatic carbocycles. The van der Waals surface area contributed by atoms with Gasteiger partial charge in [0.2, 0.25) is 0 Å². The molecule has 8 nitrogen and oxygen atoms in total. The van der Waals surface area contributed by atoms with Crippen LogP contribution < -0.4 is 0 Å². The number of carbonyl (C=O) groups is 1. The van der Waals surface area contributed by atoms with Gasteiger partial charge in [-0.2, -0.15) is 4.37 Å². The number of amides is 1. The van der Waals surface area contributed by atoms with Gasteiger partial charge in [-0.3, -0.25) is 4.79 Å². The van der Waals surface area contributed by atoms with Crippen molar-refractivity contribution in [2.45, 2.75) is 26.4 Å². The molecule has 1 aliphatic heterocycles. The summed E-state index contributed by atoms with van der Waals surface area (Å²) in [7, 11) is 1.99. The number of aromatic nitrogens is 6. The summed E-state index contributed by atoms with van der Waals surface area (Å²) in [5.41, 5.74) is 1.74. The summed E-state index contributed by atoms with van der Waals surface area (Å²) in [4.78, 5) is 19.5. The Balaban J connectivity index is 1.47. The molecule has 1 amide bonds. The van der Waals surface area contributed by atoms with Crippen LogP contribution in [0.15, 0.2) is 30.5 Å². The van der Waals surface area contributed by atoms with Gasteiger partial charge in [0.25, 0.3) is 5.91 Å². The molecule has 3 aromatic heterocycles. The Morgan fingerprint density at radius 1 is 1.21 bits per heavy atom. The number of aryl methyl sites for hydroxylation is 2. The monoisotopic (exact) mass is 393 g/mol. The summed E-state index contributed by atoms with van der Waals surface area (Å²) in [6.07, 6.45) is 2.00. The first-order valence-electron chi connectivity index (χ1n) is 9.13. The Bertz CT molecular complexity index is 1200. The molecular weight excluding hydrogens is 374 g/mol. The van der Waals surface area contributed by atoms with Gasteiger partial charge in [-0.05, 0) is 49.0 Å². The summed E-state index contributed by atoms with van der Waals surface area (Å²) in [5.74, 6) is 2.25. The zero-order valence-corrected chi connectivity index (χ0v) is 16.6. The van der Waals surface area contributed by atoms with Gasteiger partial charge in [0.15, 0.2) is 16.7 Å². The second kappa shape index (κ2) is 6.23. The highest BCUT2D eigenvalue weighted by Gasteiger charge is 2.32. The van der Waals surface area contributed by atoms with Crippen LogP contribution in [0.25, 0.3) is 21.7 Å². The largest absolute Gasteiger partial charge is 0.351 e. The maximum Gasteiger partial charge on any atom is 0.254 e. The first kappa shape index (κ1) is 17.1. The topological polar surface area (TPSA) is 81.7 Å². The number of fused-ring (bicyclic) bond motifs is 2. The molecule has 4 aromatic rings. The van der Waals surface area contributed by atoms with Gasteiger partial charge in [-0.15, -0.1) is 10.2 Å². The van der Waals surface area contributed by atoms with Gasteiger partial charge in [-0.25, -0.2) is 4.98 Å². The maximum atomic E-state index is 13.2. The summed E-state index contributed by atoms with van der Waals surface area (Å²) in [6, 6.07) is 7.73. The normalized spacial score (nSPS) is 16.5. The van der Waals surface area contributed by atoms with Crippen LogP contribution in [-0.2, 0) is 13.6 Å². The lowest BCUT2D eigenvalue weighted by molar-refractivity contribution is 0.0638. The van der Waals surface area contributed by atoms with Gasteiger partial charge in [0, 0.05) is 37.4 Å². The standard InChI is InChI=1S/C19H19N7OS/c1-11-16-21-22-17(18-20-12(2)23-28-18)26(16)9-8-25(11)19(27)14-5-4-13-6-7-24(3)15(13)10-14/h4-7,10-11H,8-9H2,1-3H3/t11-/m1/s1. The quantitative estimate of drug-likeness (QED) is 0.523. The van der Waals surface area contributed by atoms with E-state index in [2.05, 4.69) is 24.1 Å². The van der Waals surface area contributed by atoms with Crippen molar-refractivity contribution in [2.24, 2.45) is 7.05 Å². The fourth-order valence-corrected chi connectivity index (χ4v) is 4.44. The van der Waals surface area contributed by atoms with Crippen molar-refractivity contribution in [3.8, 4) is 10.8 Å². The van der Waals surface area contributed by atoms with Gasteiger partial charge in [-0.1, -0.05) is 6.07 Å². The molecule has 0 bridgehead atoms. The Morgan fingerprint density at radius 2 is 2.07 bits per heavy atom. The van der Waals surface area contributed by atoms with Crippen molar-refractivity contribution in [3.63, 3.8) is 0 Å². The highest BCUT2D eigenvalue weighted by molar-refractivity contribution is 7.09. The lowest BCUT2D eigenvalue weighted by Crippen LogP contribution is -2.41. The Kier molecular flexibility index (Phi) is 3.80. The fourth-order valence-electron chi connectivity index (χ4n) is 3.77. The molecule has 5 rings (SSSR count). The molecule has 1 atom stereocenters. The average molecular weight is 393 g/mol. The van der Waals surface area contributed by atoms with Gasteiger partial charge in [0.1, 0.15) is 5.82 Å². The number of rotatable bonds is 2. The molecular formula is C19H19N7OS. The minimum atomic E-state index is -0.166. The minimum absolute atomic E-state index is 0.0122. The van der Waals surface area contributed by atoms with Crippen LogP contribution in [0, 0.1) is 6.92 Å². The van der Waals surface area contributed by atoms with E-state index in [1.165, 1.54) is 11.5 Å². The Labute approximate surface area is 165 Å². The van der Waals surface area contributed by atoms with E-state index < -0.39 is 0 Å². The van der Waals surface area contributed by atoms with Crippen molar-refractivity contribution >= 4 is 28.3 Å². The number of carbonyl (C=O) groups excluding carboxylic acids is 1. The molecule has 0 saturated heterocycles. The SMILES string of the molecule is Cc1nsc(-c2nnc3n2CCN(C(=O)c2ccc4ccn(C)c4c2)[C@@H]3C)n1. The van der Waals surface area contributed by atoms with Gasteiger partial charge in [0.05, 0.1) is 6.04 Å². The van der Waals surface area contributed by atoms with Crippen molar-refractivity contribution in [1.29, 1.82) is 0 Å². The molecule has 0 radical (unpaired) electrons. The maximum absolute atomic E-state index is 13.2. The molecule has 0 fully saturated rings.